The minimum Gasteiger partial charge on any atom is -0.426 e. The van der Waals surface area contributed by atoms with Gasteiger partial charge in [-0.05, 0) is 36.4 Å². The second-order valence-electron chi connectivity index (χ2n) is 5.60. The van der Waals surface area contributed by atoms with Crippen molar-refractivity contribution in [3.8, 4) is 23.1 Å². The van der Waals surface area contributed by atoms with Crippen LogP contribution in [0.1, 0.15) is 0 Å². The Morgan fingerprint density at radius 3 is 2.44 bits per heavy atom. The highest BCUT2D eigenvalue weighted by molar-refractivity contribution is 5.76. The molecule has 25 heavy (non-hydrogen) atoms. The minimum absolute atomic E-state index is 0.269. The van der Waals surface area contributed by atoms with Gasteiger partial charge in [-0.15, -0.1) is 0 Å². The molecule has 2 heterocycles. The molecule has 0 amide bonds. The highest BCUT2D eigenvalue weighted by Gasteiger charge is 2.10. The Labute approximate surface area is 143 Å². The molecular weight excluding hydrogens is 316 g/mol. The molecule has 0 aliphatic heterocycles. The maximum atomic E-state index is 5.89. The van der Waals surface area contributed by atoms with Crippen LogP contribution in [-0.2, 0) is 7.05 Å². The SMILES string of the molecule is Cn1c(Oc2ccc(-c3ncc(N)c(N)n3)cc2)nc2ccccc21. The number of nitrogens with zero attached hydrogens (tertiary/aromatic N) is 4. The summed E-state index contributed by atoms with van der Waals surface area (Å²) in [6, 6.07) is 15.8. The highest BCUT2D eigenvalue weighted by Crippen LogP contribution is 2.27. The van der Waals surface area contributed by atoms with Crippen molar-refractivity contribution in [2.75, 3.05) is 11.5 Å². The number of ether oxygens (including phenoxy) is 1. The van der Waals surface area contributed by atoms with Gasteiger partial charge in [-0.25, -0.2) is 9.97 Å². The summed E-state index contributed by atoms with van der Waals surface area (Å²) in [6.45, 7) is 0. The first-order valence-corrected chi connectivity index (χ1v) is 7.69. The summed E-state index contributed by atoms with van der Waals surface area (Å²) in [4.78, 5) is 12.9. The number of nitrogen functional groups attached to an aromatic ring is 2. The monoisotopic (exact) mass is 332 g/mol. The fraction of sp³-hybridized carbons (Fsp3) is 0.0556. The minimum atomic E-state index is 0.269. The van der Waals surface area contributed by atoms with E-state index >= 15 is 0 Å². The number of imidazole rings is 1. The van der Waals surface area contributed by atoms with Crippen LogP contribution in [-0.4, -0.2) is 19.5 Å². The van der Waals surface area contributed by atoms with E-state index in [1.165, 1.54) is 6.20 Å². The third-order valence-electron chi connectivity index (χ3n) is 3.92. The van der Waals surface area contributed by atoms with Crippen molar-refractivity contribution in [3.05, 3.63) is 54.7 Å². The van der Waals surface area contributed by atoms with Gasteiger partial charge in [0.25, 0.3) is 0 Å². The number of rotatable bonds is 3. The summed E-state index contributed by atoms with van der Waals surface area (Å²) in [5, 5.41) is 0. The lowest BCUT2D eigenvalue weighted by molar-refractivity contribution is 0.428. The van der Waals surface area contributed by atoms with Crippen molar-refractivity contribution in [1.82, 2.24) is 19.5 Å². The Kier molecular flexibility index (Phi) is 3.46. The van der Waals surface area contributed by atoms with Crippen molar-refractivity contribution in [2.45, 2.75) is 0 Å². The number of anilines is 2. The van der Waals surface area contributed by atoms with Crippen molar-refractivity contribution in [1.29, 1.82) is 0 Å². The summed E-state index contributed by atoms with van der Waals surface area (Å²) >= 11 is 0. The Morgan fingerprint density at radius 2 is 1.72 bits per heavy atom. The van der Waals surface area contributed by atoms with Gasteiger partial charge in [0.1, 0.15) is 5.75 Å². The first kappa shape index (κ1) is 14.9. The second-order valence-corrected chi connectivity index (χ2v) is 5.60. The maximum Gasteiger partial charge on any atom is 0.302 e. The summed E-state index contributed by atoms with van der Waals surface area (Å²) in [5.41, 5.74) is 14.5. The highest BCUT2D eigenvalue weighted by atomic mass is 16.5. The van der Waals surface area contributed by atoms with E-state index in [1.807, 2.05) is 60.1 Å². The van der Waals surface area contributed by atoms with Crippen molar-refractivity contribution in [3.63, 3.8) is 0 Å². The van der Waals surface area contributed by atoms with E-state index in [1.54, 1.807) is 0 Å². The largest absolute Gasteiger partial charge is 0.426 e. The Hall–Kier alpha value is -3.61. The molecule has 0 atom stereocenters. The first-order chi connectivity index (χ1) is 12.1. The molecule has 0 aliphatic rings. The first-order valence-electron chi connectivity index (χ1n) is 7.69. The number of hydrogen-bond acceptors (Lipinski definition) is 6. The molecule has 0 spiro atoms. The molecule has 0 aliphatic carbocycles. The molecule has 0 unspecified atom stereocenters. The molecule has 4 aromatic rings. The van der Waals surface area contributed by atoms with Crippen LogP contribution in [0.15, 0.2) is 54.7 Å². The van der Waals surface area contributed by atoms with Crippen LogP contribution in [0, 0.1) is 0 Å². The molecule has 7 nitrogen and oxygen atoms in total. The van der Waals surface area contributed by atoms with Gasteiger partial charge in [0.15, 0.2) is 11.6 Å². The number of hydrogen-bond donors (Lipinski definition) is 2. The number of aromatic nitrogens is 4. The Bertz CT molecular complexity index is 1060. The maximum absolute atomic E-state index is 5.89. The van der Waals surface area contributed by atoms with Crippen LogP contribution in [0.25, 0.3) is 22.4 Å². The standard InChI is InChI=1S/C18H16N6O/c1-24-15-5-3-2-4-14(15)22-18(24)25-12-8-6-11(7-9-12)17-21-10-13(19)16(20)23-17/h2-10H,19H2,1H3,(H2,20,21,23). The normalized spacial score (nSPS) is 10.9. The molecule has 0 fully saturated rings. The fourth-order valence-electron chi connectivity index (χ4n) is 2.54. The van der Waals surface area contributed by atoms with Crippen molar-refractivity contribution in [2.24, 2.45) is 7.05 Å². The van der Waals surface area contributed by atoms with E-state index in [0.717, 1.165) is 16.6 Å². The van der Waals surface area contributed by atoms with E-state index in [2.05, 4.69) is 15.0 Å². The summed E-state index contributed by atoms with van der Waals surface area (Å²) < 4.78 is 7.80. The molecule has 0 saturated heterocycles. The van der Waals surface area contributed by atoms with E-state index < -0.39 is 0 Å². The van der Waals surface area contributed by atoms with Gasteiger partial charge >= 0.3 is 6.01 Å². The quantitative estimate of drug-likeness (QED) is 0.597. The van der Waals surface area contributed by atoms with E-state index in [4.69, 9.17) is 16.2 Å². The van der Waals surface area contributed by atoms with Crippen LogP contribution >= 0.6 is 0 Å². The molecule has 124 valence electrons. The van der Waals surface area contributed by atoms with E-state index in [-0.39, 0.29) is 5.82 Å². The van der Waals surface area contributed by atoms with Gasteiger partial charge in [0, 0.05) is 12.6 Å². The predicted molar refractivity (Wildman–Crippen MR) is 97.1 cm³/mol. The third-order valence-corrected chi connectivity index (χ3v) is 3.92. The third kappa shape index (κ3) is 2.72. The van der Waals surface area contributed by atoms with E-state index in [9.17, 15) is 0 Å². The van der Waals surface area contributed by atoms with Gasteiger partial charge in [-0.1, -0.05) is 12.1 Å². The van der Waals surface area contributed by atoms with Crippen LogP contribution in [0.5, 0.6) is 11.8 Å². The number of aryl methyl sites for hydroxylation is 1. The van der Waals surface area contributed by atoms with Gasteiger partial charge in [0.2, 0.25) is 0 Å². The zero-order valence-corrected chi connectivity index (χ0v) is 13.5. The summed E-state index contributed by atoms with van der Waals surface area (Å²) in [6.07, 6.45) is 1.50. The molecule has 0 bridgehead atoms. The lowest BCUT2D eigenvalue weighted by atomic mass is 10.2. The van der Waals surface area contributed by atoms with Gasteiger partial charge < -0.3 is 16.2 Å². The number of fused-ring (bicyclic) bond motifs is 1. The Morgan fingerprint density at radius 1 is 0.960 bits per heavy atom. The zero-order valence-electron chi connectivity index (χ0n) is 13.5. The number of para-hydroxylation sites is 2. The molecule has 2 aromatic heterocycles. The van der Waals surface area contributed by atoms with E-state index in [0.29, 0.717) is 23.3 Å². The molecule has 4 rings (SSSR count). The molecule has 2 aromatic carbocycles. The Balaban J connectivity index is 1.61. The number of benzene rings is 2. The van der Waals surface area contributed by atoms with Gasteiger partial charge in [0.05, 0.1) is 22.9 Å². The zero-order chi connectivity index (χ0) is 17.4. The number of nitrogens with two attached hydrogens (primary N) is 2. The van der Waals surface area contributed by atoms with Crippen LogP contribution in [0.2, 0.25) is 0 Å². The summed E-state index contributed by atoms with van der Waals surface area (Å²) in [5.74, 6) is 1.46. The van der Waals surface area contributed by atoms with Crippen molar-refractivity contribution < 1.29 is 4.74 Å². The molecular formula is C18H16N6O. The average molecular weight is 332 g/mol. The fourth-order valence-corrected chi connectivity index (χ4v) is 2.54. The predicted octanol–water partition coefficient (Wildman–Crippen LogP) is 2.99. The van der Waals surface area contributed by atoms with Crippen molar-refractivity contribution >= 4 is 22.5 Å². The lowest BCUT2D eigenvalue weighted by Crippen LogP contribution is -2.01. The van der Waals surface area contributed by atoms with Gasteiger partial charge in [-0.3, -0.25) is 4.57 Å². The lowest BCUT2D eigenvalue weighted by Gasteiger charge is -2.07. The molecule has 4 N–H and O–H groups in total. The smallest absolute Gasteiger partial charge is 0.302 e. The molecule has 0 saturated carbocycles. The van der Waals surface area contributed by atoms with Gasteiger partial charge in [-0.2, -0.15) is 4.98 Å². The molecule has 7 heteroatoms. The van der Waals surface area contributed by atoms with Crippen LogP contribution in [0.3, 0.4) is 0 Å². The topological polar surface area (TPSA) is 105 Å². The van der Waals surface area contributed by atoms with Crippen LogP contribution in [0.4, 0.5) is 11.5 Å². The summed E-state index contributed by atoms with van der Waals surface area (Å²) in [7, 11) is 1.92. The average Bonchev–Trinajstić information content (AvgIpc) is 2.94. The molecule has 0 radical (unpaired) electrons. The second kappa shape index (κ2) is 5.79. The van der Waals surface area contributed by atoms with Crippen LogP contribution < -0.4 is 16.2 Å².